The van der Waals surface area contributed by atoms with Crippen molar-refractivity contribution < 1.29 is 9.90 Å². The van der Waals surface area contributed by atoms with Crippen LogP contribution in [0.4, 0.5) is 0 Å². The van der Waals surface area contributed by atoms with Crippen LogP contribution in [0.15, 0.2) is 0 Å². The Morgan fingerprint density at radius 3 is 2.06 bits per heavy atom. The number of nitrogens with one attached hydrogen (secondary N) is 1. The highest BCUT2D eigenvalue weighted by atomic mass is 16.4. The first-order valence-electron chi connectivity index (χ1n) is 6.13. The zero-order valence-corrected chi connectivity index (χ0v) is 11.2. The first-order valence-corrected chi connectivity index (χ1v) is 6.13. The maximum absolute atomic E-state index is 11.0. The second-order valence-corrected chi connectivity index (χ2v) is 4.61. The second-order valence-electron chi connectivity index (χ2n) is 4.61. The SMILES string of the molecule is CCN(CC)CC(C)NC(C(=O)O)C(C)C. The Morgan fingerprint density at radius 1 is 1.25 bits per heavy atom. The molecule has 0 spiro atoms. The van der Waals surface area contributed by atoms with Crippen molar-refractivity contribution in [3.8, 4) is 0 Å². The highest BCUT2D eigenvalue weighted by Crippen LogP contribution is 2.04. The van der Waals surface area contributed by atoms with Gasteiger partial charge in [0, 0.05) is 12.6 Å². The maximum atomic E-state index is 11.0. The summed E-state index contributed by atoms with van der Waals surface area (Å²) in [5.74, 6) is -0.655. The fraction of sp³-hybridized carbons (Fsp3) is 0.917. The van der Waals surface area contributed by atoms with Gasteiger partial charge in [-0.05, 0) is 25.9 Å². The minimum atomic E-state index is -0.763. The monoisotopic (exact) mass is 230 g/mol. The van der Waals surface area contributed by atoms with Crippen LogP contribution >= 0.6 is 0 Å². The van der Waals surface area contributed by atoms with Crippen molar-refractivity contribution in [1.82, 2.24) is 10.2 Å². The zero-order chi connectivity index (χ0) is 12.7. The van der Waals surface area contributed by atoms with Crippen molar-refractivity contribution in [1.29, 1.82) is 0 Å². The second kappa shape index (κ2) is 7.63. The molecule has 0 aliphatic carbocycles. The lowest BCUT2D eigenvalue weighted by Crippen LogP contribution is -2.49. The number of hydrogen-bond acceptors (Lipinski definition) is 3. The van der Waals surface area contributed by atoms with Gasteiger partial charge in [-0.3, -0.25) is 4.79 Å². The molecule has 0 radical (unpaired) electrons. The Balaban J connectivity index is 4.19. The van der Waals surface area contributed by atoms with Gasteiger partial charge in [-0.15, -0.1) is 0 Å². The van der Waals surface area contributed by atoms with Gasteiger partial charge in [0.15, 0.2) is 0 Å². The average Bonchev–Trinajstić information content (AvgIpc) is 2.21. The fourth-order valence-electron chi connectivity index (χ4n) is 1.78. The molecule has 4 nitrogen and oxygen atoms in total. The van der Waals surface area contributed by atoms with Crippen LogP contribution in [0.25, 0.3) is 0 Å². The quantitative estimate of drug-likeness (QED) is 0.662. The Labute approximate surface area is 99.0 Å². The number of carboxylic acid groups (broad SMARTS) is 1. The van der Waals surface area contributed by atoms with E-state index in [4.69, 9.17) is 5.11 Å². The van der Waals surface area contributed by atoms with Gasteiger partial charge in [0.25, 0.3) is 0 Å². The summed E-state index contributed by atoms with van der Waals surface area (Å²) in [7, 11) is 0. The third-order valence-corrected chi connectivity index (χ3v) is 2.82. The van der Waals surface area contributed by atoms with Crippen LogP contribution < -0.4 is 5.32 Å². The predicted octanol–water partition coefficient (Wildman–Crippen LogP) is 1.42. The topological polar surface area (TPSA) is 52.6 Å². The van der Waals surface area contributed by atoms with E-state index in [0.29, 0.717) is 0 Å². The molecule has 0 saturated carbocycles. The van der Waals surface area contributed by atoms with Crippen LogP contribution in [0.3, 0.4) is 0 Å². The molecule has 0 amide bonds. The Morgan fingerprint density at radius 2 is 1.75 bits per heavy atom. The molecule has 0 aromatic rings. The smallest absolute Gasteiger partial charge is 0.320 e. The van der Waals surface area contributed by atoms with E-state index in [1.54, 1.807) is 0 Å². The average molecular weight is 230 g/mol. The normalized spacial score (nSPS) is 15.4. The lowest BCUT2D eigenvalue weighted by molar-refractivity contribution is -0.140. The molecule has 2 unspecified atom stereocenters. The van der Waals surface area contributed by atoms with Gasteiger partial charge >= 0.3 is 5.97 Å². The number of carbonyl (C=O) groups is 1. The number of rotatable bonds is 8. The van der Waals surface area contributed by atoms with E-state index in [-0.39, 0.29) is 12.0 Å². The van der Waals surface area contributed by atoms with Crippen LogP contribution in [-0.2, 0) is 4.79 Å². The first-order chi connectivity index (χ1) is 7.42. The molecule has 16 heavy (non-hydrogen) atoms. The van der Waals surface area contributed by atoms with Gasteiger partial charge in [-0.2, -0.15) is 0 Å². The summed E-state index contributed by atoms with van der Waals surface area (Å²) < 4.78 is 0. The minimum Gasteiger partial charge on any atom is -0.480 e. The van der Waals surface area contributed by atoms with Crippen LogP contribution in [0.5, 0.6) is 0 Å². The Hall–Kier alpha value is -0.610. The Bertz CT molecular complexity index is 203. The summed E-state index contributed by atoms with van der Waals surface area (Å²) in [4.78, 5) is 13.3. The first kappa shape index (κ1) is 15.4. The van der Waals surface area contributed by atoms with E-state index in [1.165, 1.54) is 0 Å². The van der Waals surface area contributed by atoms with Gasteiger partial charge in [0.05, 0.1) is 0 Å². The van der Waals surface area contributed by atoms with Gasteiger partial charge in [-0.1, -0.05) is 27.7 Å². The minimum absolute atomic E-state index is 0.108. The molecular weight excluding hydrogens is 204 g/mol. The number of likely N-dealkylation sites (N-methyl/N-ethyl adjacent to an activating group) is 1. The van der Waals surface area contributed by atoms with Gasteiger partial charge in [0.2, 0.25) is 0 Å². The lowest BCUT2D eigenvalue weighted by atomic mass is 10.0. The summed E-state index contributed by atoms with van der Waals surface area (Å²) in [5.41, 5.74) is 0. The van der Waals surface area contributed by atoms with E-state index >= 15 is 0 Å². The molecule has 0 aliphatic rings. The molecule has 0 aromatic carbocycles. The van der Waals surface area contributed by atoms with Crippen LogP contribution in [0.1, 0.15) is 34.6 Å². The molecule has 0 saturated heterocycles. The van der Waals surface area contributed by atoms with E-state index in [0.717, 1.165) is 19.6 Å². The van der Waals surface area contributed by atoms with Crippen molar-refractivity contribution in [2.75, 3.05) is 19.6 Å². The molecule has 0 rings (SSSR count). The summed E-state index contributed by atoms with van der Waals surface area (Å²) >= 11 is 0. The van der Waals surface area contributed by atoms with Crippen molar-refractivity contribution in [3.63, 3.8) is 0 Å². The number of aliphatic carboxylic acids is 1. The number of carboxylic acids is 1. The van der Waals surface area contributed by atoms with Gasteiger partial charge < -0.3 is 15.3 Å². The van der Waals surface area contributed by atoms with Crippen LogP contribution in [0.2, 0.25) is 0 Å². The van der Waals surface area contributed by atoms with Gasteiger partial charge in [-0.25, -0.2) is 0 Å². The van der Waals surface area contributed by atoms with Crippen LogP contribution in [0, 0.1) is 5.92 Å². The third-order valence-electron chi connectivity index (χ3n) is 2.82. The molecule has 0 bridgehead atoms. The third kappa shape index (κ3) is 5.47. The molecule has 0 aromatic heterocycles. The molecule has 96 valence electrons. The van der Waals surface area contributed by atoms with Crippen molar-refractivity contribution in [3.05, 3.63) is 0 Å². The molecule has 2 atom stereocenters. The number of hydrogen-bond donors (Lipinski definition) is 2. The molecule has 0 fully saturated rings. The summed E-state index contributed by atoms with van der Waals surface area (Å²) in [6, 6.07) is -0.256. The van der Waals surface area contributed by atoms with Crippen molar-refractivity contribution in [2.24, 2.45) is 5.92 Å². The summed E-state index contributed by atoms with van der Waals surface area (Å²) in [6.07, 6.45) is 0. The molecule has 2 N–H and O–H groups in total. The highest BCUT2D eigenvalue weighted by molar-refractivity contribution is 5.73. The zero-order valence-electron chi connectivity index (χ0n) is 11.2. The maximum Gasteiger partial charge on any atom is 0.320 e. The van der Waals surface area contributed by atoms with E-state index < -0.39 is 12.0 Å². The summed E-state index contributed by atoms with van der Waals surface area (Å²) in [6.45, 7) is 13.0. The van der Waals surface area contributed by atoms with E-state index in [2.05, 4.69) is 24.1 Å². The van der Waals surface area contributed by atoms with Crippen molar-refractivity contribution in [2.45, 2.75) is 46.7 Å². The highest BCUT2D eigenvalue weighted by Gasteiger charge is 2.23. The molecule has 4 heteroatoms. The van der Waals surface area contributed by atoms with Crippen molar-refractivity contribution >= 4 is 5.97 Å². The standard InChI is InChI=1S/C12H26N2O2/c1-6-14(7-2)8-10(5)13-11(9(3)4)12(15)16/h9-11,13H,6-8H2,1-5H3,(H,15,16). The van der Waals surface area contributed by atoms with Gasteiger partial charge in [0.1, 0.15) is 6.04 Å². The molecule has 0 heterocycles. The fourth-order valence-corrected chi connectivity index (χ4v) is 1.78. The predicted molar refractivity (Wildman–Crippen MR) is 66.6 cm³/mol. The largest absolute Gasteiger partial charge is 0.480 e. The molecule has 0 aliphatic heterocycles. The lowest BCUT2D eigenvalue weighted by Gasteiger charge is -2.27. The van der Waals surface area contributed by atoms with Crippen LogP contribution in [-0.4, -0.2) is 47.7 Å². The number of nitrogens with zero attached hydrogens (tertiary/aromatic N) is 1. The summed E-state index contributed by atoms with van der Waals surface area (Å²) in [5, 5.41) is 12.2. The van der Waals surface area contributed by atoms with E-state index in [1.807, 2.05) is 20.8 Å². The molecular formula is C12H26N2O2. The Kier molecular flexibility index (Phi) is 7.34. The van der Waals surface area contributed by atoms with E-state index in [9.17, 15) is 4.79 Å².